The van der Waals surface area contributed by atoms with E-state index in [1.165, 1.54) is 6.07 Å². The van der Waals surface area contributed by atoms with E-state index >= 15 is 0 Å². The number of rotatable bonds is 0. The molecule has 10 heavy (non-hydrogen) atoms. The number of halogens is 2. The van der Waals surface area contributed by atoms with Crippen molar-refractivity contribution in [1.82, 2.24) is 0 Å². The van der Waals surface area contributed by atoms with Crippen LogP contribution in [0.5, 0.6) is 0 Å². The van der Waals surface area contributed by atoms with Gasteiger partial charge >= 0.3 is 0 Å². The van der Waals surface area contributed by atoms with E-state index in [1.807, 2.05) is 6.92 Å². The predicted octanol–water partition coefficient (Wildman–Crippen LogP) is 3.08. The second kappa shape index (κ2) is 2.81. The fourth-order valence-electron chi connectivity index (χ4n) is 0.636. The number of hydrogen-bond acceptors (Lipinski definition) is 1. The van der Waals surface area contributed by atoms with Crippen LogP contribution in [-0.4, -0.2) is 0 Å². The number of benzene rings is 1. The van der Waals surface area contributed by atoms with Gasteiger partial charge in [-0.1, -0.05) is 17.7 Å². The van der Waals surface area contributed by atoms with Crippen molar-refractivity contribution >= 4 is 24.2 Å². The van der Waals surface area contributed by atoms with Gasteiger partial charge in [-0.3, -0.25) is 0 Å². The fourth-order valence-corrected chi connectivity index (χ4v) is 1.03. The van der Waals surface area contributed by atoms with E-state index in [-0.39, 0.29) is 5.02 Å². The summed E-state index contributed by atoms with van der Waals surface area (Å²) in [5.74, 6) is -0.419. The van der Waals surface area contributed by atoms with Crippen molar-refractivity contribution in [3.05, 3.63) is 28.5 Å². The Bertz CT molecular complexity index is 233. The quantitative estimate of drug-likeness (QED) is 0.577. The van der Waals surface area contributed by atoms with Crippen molar-refractivity contribution < 1.29 is 4.39 Å². The van der Waals surface area contributed by atoms with E-state index in [0.29, 0.717) is 4.90 Å². The first kappa shape index (κ1) is 7.89. The number of hydrogen-bond donors (Lipinski definition) is 1. The Morgan fingerprint density at radius 2 is 2.10 bits per heavy atom. The topological polar surface area (TPSA) is 0 Å². The lowest BCUT2D eigenvalue weighted by atomic mass is 10.2. The zero-order valence-electron chi connectivity index (χ0n) is 5.36. The molecule has 0 saturated carbocycles. The second-order valence-electron chi connectivity index (χ2n) is 2.03. The average molecular weight is 177 g/mol. The average Bonchev–Trinajstić information content (AvgIpc) is 1.93. The molecule has 0 bridgehead atoms. The van der Waals surface area contributed by atoms with E-state index in [1.54, 1.807) is 6.07 Å². The van der Waals surface area contributed by atoms with Crippen LogP contribution in [0.3, 0.4) is 0 Å². The van der Waals surface area contributed by atoms with Crippen LogP contribution in [0.4, 0.5) is 4.39 Å². The van der Waals surface area contributed by atoms with E-state index in [4.69, 9.17) is 11.6 Å². The van der Waals surface area contributed by atoms with Crippen molar-refractivity contribution in [1.29, 1.82) is 0 Å². The van der Waals surface area contributed by atoms with Gasteiger partial charge in [0.25, 0.3) is 0 Å². The zero-order chi connectivity index (χ0) is 7.72. The predicted molar refractivity (Wildman–Crippen MR) is 43.4 cm³/mol. The molecule has 0 aromatic heterocycles. The molecular formula is C7H6ClFS. The molecule has 0 aliphatic rings. The maximum atomic E-state index is 12.6. The zero-order valence-corrected chi connectivity index (χ0v) is 7.01. The summed E-state index contributed by atoms with van der Waals surface area (Å²) in [6.07, 6.45) is 0. The molecule has 0 spiro atoms. The molecule has 1 aromatic rings. The van der Waals surface area contributed by atoms with Gasteiger partial charge in [-0.2, -0.15) is 0 Å². The number of thiol groups is 1. The third-order valence-electron chi connectivity index (χ3n) is 1.27. The van der Waals surface area contributed by atoms with Crippen LogP contribution < -0.4 is 0 Å². The van der Waals surface area contributed by atoms with Crippen LogP contribution in [0.2, 0.25) is 5.02 Å². The summed E-state index contributed by atoms with van der Waals surface area (Å²) in [5, 5.41) is 0.100. The van der Waals surface area contributed by atoms with E-state index in [0.717, 1.165) is 5.56 Å². The maximum Gasteiger partial charge on any atom is 0.142 e. The Hall–Kier alpha value is -0.210. The molecule has 0 aliphatic heterocycles. The highest BCUT2D eigenvalue weighted by molar-refractivity contribution is 7.80. The molecule has 0 nitrogen and oxygen atoms in total. The number of aryl methyl sites for hydroxylation is 1. The van der Waals surface area contributed by atoms with Crippen LogP contribution in [-0.2, 0) is 0 Å². The minimum absolute atomic E-state index is 0.100. The van der Waals surface area contributed by atoms with Gasteiger partial charge in [0.1, 0.15) is 5.82 Å². The van der Waals surface area contributed by atoms with Gasteiger partial charge in [-0.05, 0) is 18.6 Å². The van der Waals surface area contributed by atoms with Crippen molar-refractivity contribution in [3.8, 4) is 0 Å². The summed E-state index contributed by atoms with van der Waals surface area (Å²) in [6.45, 7) is 1.83. The standard InChI is InChI=1S/C7H6ClFS/c1-4-2-3-5(9)6(8)7(4)10/h2-3,10H,1H3. The van der Waals surface area contributed by atoms with Gasteiger partial charge in [0, 0.05) is 4.90 Å². The van der Waals surface area contributed by atoms with Gasteiger partial charge in [-0.25, -0.2) is 4.39 Å². The molecule has 0 saturated heterocycles. The largest absolute Gasteiger partial charge is 0.205 e. The lowest BCUT2D eigenvalue weighted by Gasteiger charge is -2.00. The molecule has 0 aliphatic carbocycles. The van der Waals surface area contributed by atoms with Crippen LogP contribution >= 0.6 is 24.2 Å². The maximum absolute atomic E-state index is 12.6. The Kier molecular flexibility index (Phi) is 2.21. The first-order valence-electron chi connectivity index (χ1n) is 2.76. The Labute approximate surface area is 69.4 Å². The molecule has 0 N–H and O–H groups in total. The molecule has 0 atom stereocenters. The smallest absolute Gasteiger partial charge is 0.142 e. The summed E-state index contributed by atoms with van der Waals surface area (Å²) < 4.78 is 12.6. The van der Waals surface area contributed by atoms with Crippen molar-refractivity contribution in [3.63, 3.8) is 0 Å². The summed E-state index contributed by atoms with van der Waals surface area (Å²) in [5.41, 5.74) is 0.884. The fraction of sp³-hybridized carbons (Fsp3) is 0.143. The Morgan fingerprint density at radius 3 is 2.60 bits per heavy atom. The second-order valence-corrected chi connectivity index (χ2v) is 2.85. The minimum atomic E-state index is -0.419. The molecule has 0 radical (unpaired) electrons. The molecule has 0 fully saturated rings. The third kappa shape index (κ3) is 1.27. The van der Waals surface area contributed by atoms with Gasteiger partial charge in [0.05, 0.1) is 5.02 Å². The van der Waals surface area contributed by atoms with Crippen LogP contribution in [0.1, 0.15) is 5.56 Å². The summed E-state index contributed by atoms with van der Waals surface area (Å²) in [7, 11) is 0. The lowest BCUT2D eigenvalue weighted by molar-refractivity contribution is 0.624. The summed E-state index contributed by atoms with van der Waals surface area (Å²) in [6, 6.07) is 2.97. The van der Waals surface area contributed by atoms with Crippen molar-refractivity contribution in [2.75, 3.05) is 0 Å². The minimum Gasteiger partial charge on any atom is -0.205 e. The lowest BCUT2D eigenvalue weighted by Crippen LogP contribution is -1.81. The SMILES string of the molecule is Cc1ccc(F)c(Cl)c1S. The Balaban J connectivity index is 3.34. The monoisotopic (exact) mass is 176 g/mol. The van der Waals surface area contributed by atoms with E-state index in [9.17, 15) is 4.39 Å². The van der Waals surface area contributed by atoms with Gasteiger partial charge < -0.3 is 0 Å². The molecule has 3 heteroatoms. The normalized spacial score (nSPS) is 10.0. The van der Waals surface area contributed by atoms with E-state index < -0.39 is 5.82 Å². The van der Waals surface area contributed by atoms with Crippen molar-refractivity contribution in [2.45, 2.75) is 11.8 Å². The highest BCUT2D eigenvalue weighted by atomic mass is 35.5. The highest BCUT2D eigenvalue weighted by Gasteiger charge is 2.04. The molecule has 0 heterocycles. The van der Waals surface area contributed by atoms with E-state index in [2.05, 4.69) is 12.6 Å². The highest BCUT2D eigenvalue weighted by Crippen LogP contribution is 2.25. The van der Waals surface area contributed by atoms with Crippen LogP contribution in [0.15, 0.2) is 17.0 Å². The van der Waals surface area contributed by atoms with Gasteiger partial charge in [-0.15, -0.1) is 12.6 Å². The first-order valence-corrected chi connectivity index (χ1v) is 3.59. The Morgan fingerprint density at radius 1 is 1.50 bits per heavy atom. The molecule has 1 aromatic carbocycles. The summed E-state index contributed by atoms with van der Waals surface area (Å²) >= 11 is 9.54. The third-order valence-corrected chi connectivity index (χ3v) is 2.35. The molecular weight excluding hydrogens is 171 g/mol. The summed E-state index contributed by atoms with van der Waals surface area (Å²) in [4.78, 5) is 0.515. The van der Waals surface area contributed by atoms with Crippen LogP contribution in [0, 0.1) is 12.7 Å². The van der Waals surface area contributed by atoms with Crippen LogP contribution in [0.25, 0.3) is 0 Å². The molecule has 54 valence electrons. The molecule has 0 unspecified atom stereocenters. The van der Waals surface area contributed by atoms with Gasteiger partial charge in [0.15, 0.2) is 0 Å². The molecule has 1 rings (SSSR count). The first-order chi connectivity index (χ1) is 4.63. The van der Waals surface area contributed by atoms with Crippen molar-refractivity contribution in [2.24, 2.45) is 0 Å². The molecule has 0 amide bonds. The van der Waals surface area contributed by atoms with Gasteiger partial charge in [0.2, 0.25) is 0 Å².